The quantitative estimate of drug-likeness (QED) is 0.899. The molecule has 0 saturated carbocycles. The Labute approximate surface area is 106 Å². The van der Waals surface area contributed by atoms with Crippen LogP contribution in [0.3, 0.4) is 0 Å². The highest BCUT2D eigenvalue weighted by Gasteiger charge is 2.02. The molecule has 0 bridgehead atoms. The summed E-state index contributed by atoms with van der Waals surface area (Å²) >= 11 is 0. The second kappa shape index (κ2) is 5.49. The summed E-state index contributed by atoms with van der Waals surface area (Å²) in [4.78, 5) is 4.12. The fourth-order valence-corrected chi connectivity index (χ4v) is 1.59. The van der Waals surface area contributed by atoms with Gasteiger partial charge in [0, 0.05) is 19.3 Å². The fourth-order valence-electron chi connectivity index (χ4n) is 1.59. The number of hydrogen-bond donors (Lipinski definition) is 1. The third-order valence-corrected chi connectivity index (χ3v) is 2.63. The van der Waals surface area contributed by atoms with Gasteiger partial charge in [0.05, 0.1) is 0 Å². The van der Waals surface area contributed by atoms with Crippen LogP contribution in [-0.4, -0.2) is 12.0 Å². The normalized spacial score (nSPS) is 10.2. The first kappa shape index (κ1) is 12.4. The van der Waals surface area contributed by atoms with Crippen molar-refractivity contribution in [3.63, 3.8) is 0 Å². The number of pyridine rings is 1. The molecule has 0 radical (unpaired) electrons. The maximum atomic E-state index is 13.1. The number of halogens is 1. The van der Waals surface area contributed by atoms with Crippen LogP contribution in [0, 0.1) is 12.7 Å². The number of aromatic nitrogens is 1. The van der Waals surface area contributed by atoms with Gasteiger partial charge in [-0.1, -0.05) is 6.07 Å². The van der Waals surface area contributed by atoms with Crippen molar-refractivity contribution in [2.75, 3.05) is 12.4 Å². The van der Waals surface area contributed by atoms with Gasteiger partial charge in [0.1, 0.15) is 24.0 Å². The highest BCUT2D eigenvalue weighted by molar-refractivity contribution is 5.37. The maximum absolute atomic E-state index is 13.1. The van der Waals surface area contributed by atoms with Crippen molar-refractivity contribution < 1.29 is 9.13 Å². The lowest BCUT2D eigenvalue weighted by Crippen LogP contribution is -1.99. The molecule has 18 heavy (non-hydrogen) atoms. The first-order valence-electron chi connectivity index (χ1n) is 5.70. The summed E-state index contributed by atoms with van der Waals surface area (Å²) in [5.74, 6) is 1.06. The summed E-state index contributed by atoms with van der Waals surface area (Å²) in [6.45, 7) is 2.28. The van der Waals surface area contributed by atoms with Crippen molar-refractivity contribution in [3.8, 4) is 5.75 Å². The number of benzene rings is 1. The molecule has 3 nitrogen and oxygen atoms in total. The van der Waals surface area contributed by atoms with Gasteiger partial charge < -0.3 is 10.1 Å². The molecule has 1 heterocycles. The van der Waals surface area contributed by atoms with Gasteiger partial charge in [-0.2, -0.15) is 0 Å². The van der Waals surface area contributed by atoms with Gasteiger partial charge in [0.15, 0.2) is 0 Å². The summed E-state index contributed by atoms with van der Waals surface area (Å²) < 4.78 is 18.7. The first-order valence-corrected chi connectivity index (χ1v) is 5.70. The third-order valence-electron chi connectivity index (χ3n) is 2.63. The third kappa shape index (κ3) is 2.97. The monoisotopic (exact) mass is 246 g/mol. The molecule has 0 aliphatic carbocycles. The van der Waals surface area contributed by atoms with Gasteiger partial charge in [-0.25, -0.2) is 9.37 Å². The molecule has 0 atom stereocenters. The molecular weight excluding hydrogens is 231 g/mol. The van der Waals surface area contributed by atoms with Crippen molar-refractivity contribution >= 4 is 5.82 Å². The molecule has 2 aromatic rings. The average molecular weight is 246 g/mol. The molecule has 0 saturated heterocycles. The van der Waals surface area contributed by atoms with Crippen LogP contribution < -0.4 is 10.1 Å². The van der Waals surface area contributed by atoms with E-state index in [4.69, 9.17) is 4.74 Å². The second-order valence-corrected chi connectivity index (χ2v) is 4.00. The van der Waals surface area contributed by atoms with Crippen LogP contribution in [0.2, 0.25) is 0 Å². The van der Waals surface area contributed by atoms with Crippen molar-refractivity contribution in [2.24, 2.45) is 0 Å². The van der Waals surface area contributed by atoms with Crippen molar-refractivity contribution in [2.45, 2.75) is 13.5 Å². The molecule has 0 aliphatic heterocycles. The number of aryl methyl sites for hydroxylation is 1. The van der Waals surface area contributed by atoms with Gasteiger partial charge in [-0.15, -0.1) is 0 Å². The minimum atomic E-state index is -0.291. The van der Waals surface area contributed by atoms with E-state index in [1.54, 1.807) is 12.3 Å². The van der Waals surface area contributed by atoms with Crippen LogP contribution in [0.25, 0.3) is 0 Å². The van der Waals surface area contributed by atoms with E-state index < -0.39 is 0 Å². The predicted molar refractivity (Wildman–Crippen MR) is 69.3 cm³/mol. The number of hydrogen-bond acceptors (Lipinski definition) is 3. The molecule has 94 valence electrons. The molecule has 1 aromatic carbocycles. The predicted octanol–water partition coefficient (Wildman–Crippen LogP) is 3.15. The van der Waals surface area contributed by atoms with E-state index in [1.165, 1.54) is 12.1 Å². The Balaban J connectivity index is 2.08. The maximum Gasteiger partial charge on any atom is 0.126 e. The minimum absolute atomic E-state index is 0.291. The molecule has 0 aliphatic rings. The van der Waals surface area contributed by atoms with Crippen LogP contribution in [0.15, 0.2) is 36.5 Å². The smallest absolute Gasteiger partial charge is 0.126 e. The van der Waals surface area contributed by atoms with Crippen LogP contribution in [-0.2, 0) is 6.61 Å². The lowest BCUT2D eigenvalue weighted by molar-refractivity contribution is 0.302. The summed E-state index contributed by atoms with van der Waals surface area (Å²) in [7, 11) is 1.81. The number of anilines is 1. The van der Waals surface area contributed by atoms with Gasteiger partial charge in [-0.05, 0) is 36.2 Å². The standard InChI is InChI=1S/C14H15FN2O/c1-10-3-4-12(15)8-13(10)18-9-11-5-6-17-14(7-11)16-2/h3-8H,9H2,1-2H3,(H,16,17). The Morgan fingerprint density at radius 1 is 1.28 bits per heavy atom. The highest BCUT2D eigenvalue weighted by atomic mass is 19.1. The van der Waals surface area contributed by atoms with Gasteiger partial charge in [-0.3, -0.25) is 0 Å². The first-order chi connectivity index (χ1) is 8.69. The highest BCUT2D eigenvalue weighted by Crippen LogP contribution is 2.20. The molecule has 2 rings (SSSR count). The Hall–Kier alpha value is -2.10. The molecule has 0 amide bonds. The molecule has 0 unspecified atom stereocenters. The number of rotatable bonds is 4. The van der Waals surface area contributed by atoms with Crippen LogP contribution in [0.1, 0.15) is 11.1 Å². The topological polar surface area (TPSA) is 34.1 Å². The van der Waals surface area contributed by atoms with E-state index >= 15 is 0 Å². The van der Waals surface area contributed by atoms with Crippen LogP contribution in [0.5, 0.6) is 5.75 Å². The van der Waals surface area contributed by atoms with Crippen molar-refractivity contribution in [1.82, 2.24) is 4.98 Å². The molecule has 0 spiro atoms. The molecule has 4 heteroatoms. The molecule has 0 fully saturated rings. The van der Waals surface area contributed by atoms with Gasteiger partial charge in [0.25, 0.3) is 0 Å². The Morgan fingerprint density at radius 2 is 2.11 bits per heavy atom. The fraction of sp³-hybridized carbons (Fsp3) is 0.214. The van der Waals surface area contributed by atoms with E-state index in [-0.39, 0.29) is 5.82 Å². The van der Waals surface area contributed by atoms with Crippen LogP contribution >= 0.6 is 0 Å². The van der Waals surface area contributed by atoms with Gasteiger partial charge in [0.2, 0.25) is 0 Å². The van der Waals surface area contributed by atoms with E-state index in [1.807, 2.05) is 26.1 Å². The summed E-state index contributed by atoms with van der Waals surface area (Å²) in [6.07, 6.45) is 1.71. The van der Waals surface area contributed by atoms with Crippen molar-refractivity contribution in [3.05, 3.63) is 53.5 Å². The van der Waals surface area contributed by atoms with Crippen LogP contribution in [0.4, 0.5) is 10.2 Å². The van der Waals surface area contributed by atoms with Gasteiger partial charge >= 0.3 is 0 Å². The molecule has 1 N–H and O–H groups in total. The lowest BCUT2D eigenvalue weighted by Gasteiger charge is -2.09. The number of nitrogens with zero attached hydrogens (tertiary/aromatic N) is 1. The van der Waals surface area contributed by atoms with Crippen molar-refractivity contribution in [1.29, 1.82) is 0 Å². The Morgan fingerprint density at radius 3 is 2.89 bits per heavy atom. The Kier molecular flexibility index (Phi) is 3.77. The zero-order valence-electron chi connectivity index (χ0n) is 10.4. The Bertz CT molecular complexity index is 543. The average Bonchev–Trinajstić information content (AvgIpc) is 2.40. The second-order valence-electron chi connectivity index (χ2n) is 4.00. The summed E-state index contributed by atoms with van der Waals surface area (Å²) in [6, 6.07) is 8.30. The van der Waals surface area contributed by atoms with E-state index in [9.17, 15) is 4.39 Å². The number of ether oxygens (including phenoxy) is 1. The van der Waals surface area contributed by atoms with E-state index in [0.717, 1.165) is 16.9 Å². The SMILES string of the molecule is CNc1cc(COc2cc(F)ccc2C)ccn1. The van der Waals surface area contributed by atoms with E-state index in [0.29, 0.717) is 12.4 Å². The summed E-state index contributed by atoms with van der Waals surface area (Å²) in [5, 5.41) is 2.96. The zero-order chi connectivity index (χ0) is 13.0. The minimum Gasteiger partial charge on any atom is -0.489 e. The molecular formula is C14H15FN2O. The number of nitrogens with one attached hydrogen (secondary N) is 1. The van der Waals surface area contributed by atoms with E-state index in [2.05, 4.69) is 10.3 Å². The largest absolute Gasteiger partial charge is 0.489 e. The lowest BCUT2D eigenvalue weighted by atomic mass is 10.2. The summed E-state index contributed by atoms with van der Waals surface area (Å²) in [5.41, 5.74) is 1.90. The molecule has 1 aromatic heterocycles. The zero-order valence-corrected chi connectivity index (χ0v) is 10.4.